The maximum absolute atomic E-state index is 12.0. The van der Waals surface area contributed by atoms with Gasteiger partial charge in [0.1, 0.15) is 10.8 Å². The lowest BCUT2D eigenvalue weighted by atomic mass is 9.92. The van der Waals surface area contributed by atoms with Gasteiger partial charge in [-0.25, -0.2) is 4.98 Å². The zero-order chi connectivity index (χ0) is 13.7. The number of carbonyl (C=O) groups excluding carboxylic acids is 1. The SMILES string of the molecule is Cc1nc(CC(=O)CC(CN)CC(C)C)sc1C. The minimum atomic E-state index is 0.264. The molecular formula is C14H24N2OS. The summed E-state index contributed by atoms with van der Waals surface area (Å²) < 4.78 is 0. The molecule has 0 radical (unpaired) electrons. The van der Waals surface area contributed by atoms with Gasteiger partial charge in [-0.05, 0) is 38.6 Å². The Morgan fingerprint density at radius 3 is 2.50 bits per heavy atom. The Morgan fingerprint density at radius 2 is 2.06 bits per heavy atom. The van der Waals surface area contributed by atoms with Gasteiger partial charge in [-0.3, -0.25) is 4.79 Å². The van der Waals surface area contributed by atoms with E-state index in [0.717, 1.165) is 17.1 Å². The Hall–Kier alpha value is -0.740. The van der Waals surface area contributed by atoms with Crippen LogP contribution in [-0.4, -0.2) is 17.3 Å². The number of ketones is 1. The molecule has 18 heavy (non-hydrogen) atoms. The molecule has 1 rings (SSSR count). The Labute approximate surface area is 114 Å². The summed E-state index contributed by atoms with van der Waals surface area (Å²) in [5.41, 5.74) is 6.77. The van der Waals surface area contributed by atoms with Crippen LogP contribution in [0.3, 0.4) is 0 Å². The molecule has 0 saturated heterocycles. The average Bonchev–Trinajstić information content (AvgIpc) is 2.56. The molecule has 1 aromatic heterocycles. The van der Waals surface area contributed by atoms with Crippen molar-refractivity contribution in [1.29, 1.82) is 0 Å². The average molecular weight is 268 g/mol. The van der Waals surface area contributed by atoms with Gasteiger partial charge in [-0.1, -0.05) is 13.8 Å². The number of Topliss-reactive ketones (excluding diaryl/α,β-unsaturated/α-hetero) is 1. The standard InChI is InChI=1S/C14H24N2OS/c1-9(2)5-12(8-15)6-13(17)7-14-16-10(3)11(4)18-14/h9,12H,5-8,15H2,1-4H3. The minimum absolute atomic E-state index is 0.264. The largest absolute Gasteiger partial charge is 0.330 e. The third kappa shape index (κ3) is 4.86. The summed E-state index contributed by atoms with van der Waals surface area (Å²) in [7, 11) is 0. The summed E-state index contributed by atoms with van der Waals surface area (Å²) in [6.07, 6.45) is 2.08. The molecule has 1 unspecified atom stereocenters. The molecule has 1 aromatic rings. The van der Waals surface area contributed by atoms with Gasteiger partial charge in [-0.15, -0.1) is 11.3 Å². The number of aromatic nitrogens is 1. The number of carbonyl (C=O) groups is 1. The molecule has 1 heterocycles. The molecule has 0 aliphatic carbocycles. The lowest BCUT2D eigenvalue weighted by Crippen LogP contribution is -2.20. The maximum Gasteiger partial charge on any atom is 0.140 e. The van der Waals surface area contributed by atoms with E-state index in [1.54, 1.807) is 11.3 Å². The second-order valence-electron chi connectivity index (χ2n) is 5.40. The van der Waals surface area contributed by atoms with Crippen molar-refractivity contribution in [2.24, 2.45) is 17.6 Å². The zero-order valence-corrected chi connectivity index (χ0v) is 12.6. The molecule has 0 fully saturated rings. The van der Waals surface area contributed by atoms with Crippen molar-refractivity contribution in [2.45, 2.75) is 47.0 Å². The topological polar surface area (TPSA) is 56.0 Å². The smallest absolute Gasteiger partial charge is 0.140 e. The van der Waals surface area contributed by atoms with Crippen molar-refractivity contribution in [3.63, 3.8) is 0 Å². The highest BCUT2D eigenvalue weighted by Gasteiger charge is 2.16. The molecule has 3 nitrogen and oxygen atoms in total. The molecule has 0 bridgehead atoms. The van der Waals surface area contributed by atoms with Crippen LogP contribution in [0.2, 0.25) is 0 Å². The molecule has 2 N–H and O–H groups in total. The summed E-state index contributed by atoms with van der Waals surface area (Å²) in [4.78, 5) is 17.6. The van der Waals surface area contributed by atoms with Crippen molar-refractivity contribution in [2.75, 3.05) is 6.54 Å². The number of thiazole rings is 1. The fourth-order valence-electron chi connectivity index (χ4n) is 2.11. The Balaban J connectivity index is 2.50. The highest BCUT2D eigenvalue weighted by atomic mass is 32.1. The molecule has 0 saturated carbocycles. The molecule has 1 atom stereocenters. The summed E-state index contributed by atoms with van der Waals surface area (Å²) >= 11 is 1.63. The van der Waals surface area contributed by atoms with Crippen molar-refractivity contribution in [3.8, 4) is 0 Å². The minimum Gasteiger partial charge on any atom is -0.330 e. The van der Waals surface area contributed by atoms with Crippen molar-refractivity contribution in [1.82, 2.24) is 4.98 Å². The van der Waals surface area contributed by atoms with E-state index in [0.29, 0.717) is 31.2 Å². The van der Waals surface area contributed by atoms with Gasteiger partial charge >= 0.3 is 0 Å². The van der Waals surface area contributed by atoms with Crippen LogP contribution in [0.1, 0.15) is 42.3 Å². The number of hydrogen-bond donors (Lipinski definition) is 1. The lowest BCUT2D eigenvalue weighted by molar-refractivity contribution is -0.119. The third-order valence-corrected chi connectivity index (χ3v) is 4.15. The molecule has 0 spiro atoms. The van der Waals surface area contributed by atoms with Crippen LogP contribution in [0.4, 0.5) is 0 Å². The predicted molar refractivity (Wildman–Crippen MR) is 76.9 cm³/mol. The van der Waals surface area contributed by atoms with Gasteiger partial charge in [0.05, 0.1) is 12.1 Å². The molecular weight excluding hydrogens is 244 g/mol. The van der Waals surface area contributed by atoms with Crippen LogP contribution >= 0.6 is 11.3 Å². The van der Waals surface area contributed by atoms with Gasteiger partial charge in [0.2, 0.25) is 0 Å². The van der Waals surface area contributed by atoms with E-state index in [1.165, 1.54) is 4.88 Å². The van der Waals surface area contributed by atoms with E-state index in [9.17, 15) is 4.79 Å². The van der Waals surface area contributed by atoms with E-state index in [-0.39, 0.29) is 5.78 Å². The molecule has 0 amide bonds. The maximum atomic E-state index is 12.0. The van der Waals surface area contributed by atoms with Gasteiger partial charge in [0.25, 0.3) is 0 Å². The molecule has 0 aliphatic rings. The van der Waals surface area contributed by atoms with Crippen LogP contribution in [0.5, 0.6) is 0 Å². The fourth-order valence-corrected chi connectivity index (χ4v) is 3.07. The van der Waals surface area contributed by atoms with Gasteiger partial charge < -0.3 is 5.73 Å². The molecule has 0 aliphatic heterocycles. The third-order valence-electron chi connectivity index (χ3n) is 3.08. The van der Waals surface area contributed by atoms with Gasteiger partial charge in [0.15, 0.2) is 0 Å². The zero-order valence-electron chi connectivity index (χ0n) is 11.8. The highest BCUT2D eigenvalue weighted by molar-refractivity contribution is 7.11. The quantitative estimate of drug-likeness (QED) is 0.827. The van der Waals surface area contributed by atoms with Crippen LogP contribution in [-0.2, 0) is 11.2 Å². The Kier molecular flexibility index (Phi) is 5.96. The van der Waals surface area contributed by atoms with Crippen LogP contribution in [0.15, 0.2) is 0 Å². The van der Waals surface area contributed by atoms with Crippen molar-refractivity contribution < 1.29 is 4.79 Å². The first-order valence-corrected chi connectivity index (χ1v) is 7.38. The summed E-state index contributed by atoms with van der Waals surface area (Å²) in [5.74, 6) is 1.18. The molecule has 0 aromatic carbocycles. The number of rotatable bonds is 7. The van der Waals surface area contributed by atoms with E-state index in [4.69, 9.17) is 5.73 Å². The van der Waals surface area contributed by atoms with E-state index in [2.05, 4.69) is 18.8 Å². The van der Waals surface area contributed by atoms with Crippen molar-refractivity contribution in [3.05, 3.63) is 15.6 Å². The summed E-state index contributed by atoms with van der Waals surface area (Å²) in [6, 6.07) is 0. The van der Waals surface area contributed by atoms with Gasteiger partial charge in [0, 0.05) is 11.3 Å². The normalized spacial score (nSPS) is 13.0. The second kappa shape index (κ2) is 7.00. The fraction of sp³-hybridized carbons (Fsp3) is 0.714. The monoisotopic (exact) mass is 268 g/mol. The second-order valence-corrected chi connectivity index (χ2v) is 6.69. The molecule has 102 valence electrons. The highest BCUT2D eigenvalue weighted by Crippen LogP contribution is 2.19. The van der Waals surface area contributed by atoms with Crippen LogP contribution < -0.4 is 5.73 Å². The lowest BCUT2D eigenvalue weighted by Gasteiger charge is -2.15. The first-order valence-electron chi connectivity index (χ1n) is 6.57. The number of nitrogens with two attached hydrogens (primary N) is 1. The number of aryl methyl sites for hydroxylation is 2. The van der Waals surface area contributed by atoms with E-state index in [1.807, 2.05) is 13.8 Å². The molecule has 4 heteroatoms. The van der Waals surface area contributed by atoms with E-state index >= 15 is 0 Å². The van der Waals surface area contributed by atoms with E-state index < -0.39 is 0 Å². The first kappa shape index (κ1) is 15.3. The van der Waals surface area contributed by atoms with Crippen LogP contribution in [0, 0.1) is 25.7 Å². The van der Waals surface area contributed by atoms with Crippen molar-refractivity contribution >= 4 is 17.1 Å². The Morgan fingerprint density at radius 1 is 1.39 bits per heavy atom. The Bertz CT molecular complexity index is 379. The number of nitrogens with zero attached hydrogens (tertiary/aromatic N) is 1. The van der Waals surface area contributed by atoms with Gasteiger partial charge in [-0.2, -0.15) is 0 Å². The first-order chi connectivity index (χ1) is 8.42. The predicted octanol–water partition coefficient (Wildman–Crippen LogP) is 2.88. The summed E-state index contributed by atoms with van der Waals surface area (Å²) in [6.45, 7) is 8.96. The number of hydrogen-bond acceptors (Lipinski definition) is 4. The summed E-state index contributed by atoms with van der Waals surface area (Å²) in [5, 5.41) is 0.940. The van der Waals surface area contributed by atoms with Crippen LogP contribution in [0.25, 0.3) is 0 Å².